The highest BCUT2D eigenvalue weighted by Crippen LogP contribution is 2.36. The van der Waals surface area contributed by atoms with Crippen LogP contribution in [-0.2, 0) is 4.74 Å². The molecule has 3 rings (SSSR count). The fraction of sp³-hybridized carbons (Fsp3) is 0.381. The molecule has 1 N–H and O–H groups in total. The summed E-state index contributed by atoms with van der Waals surface area (Å²) >= 11 is 10.1. The first-order chi connectivity index (χ1) is 13.0. The van der Waals surface area contributed by atoms with Gasteiger partial charge >= 0.3 is 0 Å². The minimum Gasteiger partial charge on any atom is -0.396 e. The van der Waals surface area contributed by atoms with Crippen molar-refractivity contribution in [3.05, 3.63) is 63.1 Å². The fourth-order valence-corrected chi connectivity index (χ4v) is 4.09. The minimum atomic E-state index is -0.420. The van der Waals surface area contributed by atoms with Gasteiger partial charge in [-0.1, -0.05) is 45.7 Å². The molecule has 0 aliphatic carbocycles. The van der Waals surface area contributed by atoms with Crippen LogP contribution in [0.1, 0.15) is 24.5 Å². The summed E-state index contributed by atoms with van der Waals surface area (Å²) in [6.07, 6.45) is 0.568. The second kappa shape index (κ2) is 8.74. The van der Waals surface area contributed by atoms with Crippen LogP contribution in [0.25, 0.3) is 0 Å². The van der Waals surface area contributed by atoms with Crippen molar-refractivity contribution in [3.8, 4) is 0 Å². The van der Waals surface area contributed by atoms with E-state index in [4.69, 9.17) is 21.3 Å². The Kier molecular flexibility index (Phi) is 6.58. The summed E-state index contributed by atoms with van der Waals surface area (Å²) < 4.78 is 6.78. The van der Waals surface area contributed by atoms with Gasteiger partial charge in [-0.25, -0.2) is 0 Å². The highest BCUT2D eigenvalue weighted by molar-refractivity contribution is 9.10. The molecule has 1 unspecified atom stereocenters. The maximum Gasteiger partial charge on any atom is 0.0848 e. The molecular weight excluding hydrogens is 428 g/mol. The lowest BCUT2D eigenvalue weighted by Gasteiger charge is -2.41. The van der Waals surface area contributed by atoms with Crippen LogP contribution in [0.5, 0.6) is 0 Å². The van der Waals surface area contributed by atoms with Gasteiger partial charge in [0.1, 0.15) is 0 Å². The van der Waals surface area contributed by atoms with Gasteiger partial charge in [0, 0.05) is 46.6 Å². The van der Waals surface area contributed by atoms with E-state index in [2.05, 4.69) is 33.0 Å². The third-order valence-corrected chi connectivity index (χ3v) is 5.92. The molecule has 0 spiro atoms. The lowest BCUT2D eigenvalue weighted by atomic mass is 9.93. The van der Waals surface area contributed by atoms with Gasteiger partial charge in [0.15, 0.2) is 0 Å². The number of ether oxygens (including phenoxy) is 1. The molecule has 2 aromatic carbocycles. The molecule has 0 amide bonds. The van der Waals surface area contributed by atoms with Crippen molar-refractivity contribution < 1.29 is 9.84 Å². The fourth-order valence-electron chi connectivity index (χ4n) is 3.51. The van der Waals surface area contributed by atoms with Gasteiger partial charge in [-0.2, -0.15) is 0 Å². The average molecular weight is 452 g/mol. The van der Waals surface area contributed by atoms with Gasteiger partial charge in [0.25, 0.3) is 0 Å². The summed E-state index contributed by atoms with van der Waals surface area (Å²) in [7, 11) is 2.05. The Morgan fingerprint density at radius 3 is 2.74 bits per heavy atom. The van der Waals surface area contributed by atoms with Crippen molar-refractivity contribution in [2.45, 2.75) is 18.9 Å². The molecule has 0 bridgehead atoms. The van der Waals surface area contributed by atoms with E-state index in [1.165, 1.54) is 0 Å². The first-order valence-electron chi connectivity index (χ1n) is 9.04. The summed E-state index contributed by atoms with van der Waals surface area (Å²) in [5.74, 6) is 0. The Hall–Kier alpha value is -1.40. The number of anilines is 1. The van der Waals surface area contributed by atoms with Crippen molar-refractivity contribution in [2.75, 3.05) is 38.3 Å². The zero-order chi connectivity index (χ0) is 19.4. The molecule has 0 fully saturated rings. The van der Waals surface area contributed by atoms with Crippen LogP contribution >= 0.6 is 27.5 Å². The number of nitrogens with zero attached hydrogens (tertiary/aromatic N) is 2. The third kappa shape index (κ3) is 4.06. The minimum absolute atomic E-state index is 0.0697. The lowest BCUT2D eigenvalue weighted by molar-refractivity contribution is 0.0818. The maximum absolute atomic E-state index is 9.75. The quantitative estimate of drug-likeness (QED) is 0.701. The highest BCUT2D eigenvalue weighted by Gasteiger charge is 2.38. The molecule has 0 radical (unpaired) electrons. The van der Waals surface area contributed by atoms with E-state index >= 15 is 0 Å². The number of aliphatic hydroxyl groups is 1. The lowest BCUT2D eigenvalue weighted by Crippen LogP contribution is -2.53. The van der Waals surface area contributed by atoms with Crippen LogP contribution in [0.3, 0.4) is 0 Å². The predicted molar refractivity (Wildman–Crippen MR) is 115 cm³/mol. The summed E-state index contributed by atoms with van der Waals surface area (Å²) in [4.78, 5) is 7.19. The Morgan fingerprint density at radius 2 is 2.04 bits per heavy atom. The number of fused-ring (bicyclic) bond motifs is 1. The highest BCUT2D eigenvalue weighted by atomic mass is 79.9. The second-order valence-electron chi connectivity index (χ2n) is 6.70. The number of aliphatic hydroxyl groups excluding tert-OH is 1. The van der Waals surface area contributed by atoms with Gasteiger partial charge in [0.2, 0.25) is 0 Å². The third-order valence-electron chi connectivity index (χ3n) is 5.10. The van der Waals surface area contributed by atoms with Crippen molar-refractivity contribution in [3.63, 3.8) is 0 Å². The van der Waals surface area contributed by atoms with Crippen molar-refractivity contribution >= 4 is 38.9 Å². The van der Waals surface area contributed by atoms with E-state index < -0.39 is 5.54 Å². The molecule has 1 heterocycles. The summed E-state index contributed by atoms with van der Waals surface area (Å²) in [6, 6.07) is 13.9. The van der Waals surface area contributed by atoms with Gasteiger partial charge in [-0.3, -0.25) is 4.99 Å². The van der Waals surface area contributed by atoms with Crippen molar-refractivity contribution in [1.82, 2.24) is 0 Å². The van der Waals surface area contributed by atoms with Crippen LogP contribution in [0.15, 0.2) is 51.9 Å². The molecule has 27 heavy (non-hydrogen) atoms. The molecule has 144 valence electrons. The molecule has 4 nitrogen and oxygen atoms in total. The van der Waals surface area contributed by atoms with E-state index in [9.17, 15) is 5.11 Å². The smallest absolute Gasteiger partial charge is 0.0848 e. The molecule has 0 saturated carbocycles. The largest absolute Gasteiger partial charge is 0.396 e. The molecular formula is C21H24BrClN2O2. The number of hydrogen-bond acceptors (Lipinski definition) is 4. The average Bonchev–Trinajstić information content (AvgIpc) is 2.77. The van der Waals surface area contributed by atoms with Gasteiger partial charge in [-0.05, 0) is 37.6 Å². The molecule has 0 aromatic heterocycles. The number of hydrogen-bond donors (Lipinski definition) is 1. The predicted octanol–water partition coefficient (Wildman–Crippen LogP) is 4.55. The van der Waals surface area contributed by atoms with Crippen LogP contribution in [0.4, 0.5) is 5.69 Å². The van der Waals surface area contributed by atoms with Crippen LogP contribution < -0.4 is 4.90 Å². The van der Waals surface area contributed by atoms with E-state index in [0.29, 0.717) is 31.2 Å². The zero-order valence-corrected chi connectivity index (χ0v) is 17.9. The summed E-state index contributed by atoms with van der Waals surface area (Å²) in [5, 5.41) is 10.4. The van der Waals surface area contributed by atoms with E-state index in [0.717, 1.165) is 27.0 Å². The van der Waals surface area contributed by atoms with Gasteiger partial charge in [0.05, 0.1) is 24.4 Å². The standard InChI is InChI=1S/C21H24BrClN2O2/c1-3-27-14-21(10-11-26)13-24-20(16-6-4-5-7-18(16)23)17-12-15(22)8-9-19(17)25(21)2/h4-9,12,26H,3,10-11,13-14H2,1-2H3. The number of rotatable bonds is 6. The van der Waals surface area contributed by atoms with Gasteiger partial charge < -0.3 is 14.7 Å². The Labute approximate surface area is 174 Å². The second-order valence-corrected chi connectivity index (χ2v) is 8.02. The zero-order valence-electron chi connectivity index (χ0n) is 15.6. The molecule has 2 aromatic rings. The van der Waals surface area contributed by atoms with Crippen molar-refractivity contribution in [1.29, 1.82) is 0 Å². The van der Waals surface area contributed by atoms with E-state index in [-0.39, 0.29) is 6.61 Å². The van der Waals surface area contributed by atoms with Crippen molar-refractivity contribution in [2.24, 2.45) is 4.99 Å². The molecule has 1 aliphatic heterocycles. The molecule has 0 saturated heterocycles. The molecule has 6 heteroatoms. The SMILES string of the molecule is CCOCC1(CCO)CN=C(c2ccccc2Cl)c2cc(Br)ccc2N1C. The monoisotopic (exact) mass is 450 g/mol. The number of benzodiazepines with no additional fused rings is 1. The number of likely N-dealkylation sites (N-methyl/N-ethyl adjacent to an activating group) is 1. The maximum atomic E-state index is 9.75. The van der Waals surface area contributed by atoms with Crippen LogP contribution in [-0.4, -0.2) is 49.8 Å². The number of halogens is 2. The first-order valence-corrected chi connectivity index (χ1v) is 10.2. The van der Waals surface area contributed by atoms with Gasteiger partial charge in [-0.15, -0.1) is 0 Å². The van der Waals surface area contributed by atoms with Crippen LogP contribution in [0.2, 0.25) is 5.02 Å². The summed E-state index contributed by atoms with van der Waals surface area (Å²) in [5.41, 5.74) is 3.40. The topological polar surface area (TPSA) is 45.1 Å². The molecule has 1 aliphatic rings. The normalized spacial score (nSPS) is 19.4. The Balaban J connectivity index is 2.20. The Bertz CT molecular complexity index is 843. The number of benzene rings is 2. The number of aliphatic imine (C=N–C) groups is 1. The molecule has 1 atom stereocenters. The summed E-state index contributed by atoms with van der Waals surface area (Å²) in [6.45, 7) is 3.68. The van der Waals surface area contributed by atoms with E-state index in [1.54, 1.807) is 0 Å². The first kappa shape index (κ1) is 20.3. The van der Waals surface area contributed by atoms with E-state index in [1.807, 2.05) is 44.3 Å². The van der Waals surface area contributed by atoms with Crippen LogP contribution in [0, 0.1) is 0 Å². The Morgan fingerprint density at radius 1 is 1.26 bits per heavy atom.